The predicted octanol–water partition coefficient (Wildman–Crippen LogP) is 3.32. The van der Waals surface area contributed by atoms with Gasteiger partial charge in [0.05, 0.1) is 25.5 Å². The highest BCUT2D eigenvalue weighted by Crippen LogP contribution is 2.48. The minimum atomic E-state index is -1.26. The lowest BCUT2D eigenvalue weighted by Crippen LogP contribution is -2.42. The molecule has 5 heteroatoms. The zero-order valence-electron chi connectivity index (χ0n) is 15.2. The van der Waals surface area contributed by atoms with Crippen LogP contribution in [0.25, 0.3) is 0 Å². The van der Waals surface area contributed by atoms with Gasteiger partial charge in [0.1, 0.15) is 5.75 Å². The van der Waals surface area contributed by atoms with Crippen LogP contribution in [0.2, 0.25) is 0 Å². The molecule has 0 aromatic heterocycles. The molecule has 1 fully saturated rings. The van der Waals surface area contributed by atoms with Crippen LogP contribution in [-0.4, -0.2) is 32.3 Å². The van der Waals surface area contributed by atoms with Crippen molar-refractivity contribution >= 4 is 11.6 Å². The summed E-state index contributed by atoms with van der Waals surface area (Å²) in [6.45, 7) is 6.00. The van der Waals surface area contributed by atoms with E-state index in [4.69, 9.17) is 14.2 Å². The summed E-state index contributed by atoms with van der Waals surface area (Å²) in [4.78, 5) is 15.0. The molecule has 2 heterocycles. The Hall–Kier alpha value is -2.37. The van der Waals surface area contributed by atoms with Gasteiger partial charge in [-0.3, -0.25) is 4.79 Å². The van der Waals surface area contributed by atoms with Crippen LogP contribution < -0.4 is 9.64 Å². The molecule has 2 aromatic carbocycles. The number of para-hydroxylation sites is 1. The number of anilines is 1. The fraction of sp³-hybridized carbons (Fsp3) is 0.381. The van der Waals surface area contributed by atoms with Crippen LogP contribution >= 0.6 is 0 Å². The van der Waals surface area contributed by atoms with Crippen molar-refractivity contribution in [1.82, 2.24) is 0 Å². The van der Waals surface area contributed by atoms with Crippen LogP contribution in [0.3, 0.4) is 0 Å². The van der Waals surface area contributed by atoms with Crippen molar-refractivity contribution in [2.75, 3.05) is 31.3 Å². The lowest BCUT2D eigenvalue weighted by atomic mass is 9.98. The van der Waals surface area contributed by atoms with E-state index in [-0.39, 0.29) is 5.91 Å². The second-order valence-electron chi connectivity index (χ2n) is 6.71. The van der Waals surface area contributed by atoms with Crippen molar-refractivity contribution in [2.45, 2.75) is 26.1 Å². The van der Waals surface area contributed by atoms with Gasteiger partial charge in [-0.1, -0.05) is 30.3 Å². The zero-order chi connectivity index (χ0) is 18.1. The van der Waals surface area contributed by atoms with Crippen LogP contribution in [0.15, 0.2) is 42.5 Å². The Labute approximate surface area is 153 Å². The van der Waals surface area contributed by atoms with Crippen molar-refractivity contribution < 1.29 is 19.0 Å². The average molecular weight is 353 g/mol. The topological polar surface area (TPSA) is 48.0 Å². The lowest BCUT2D eigenvalue weighted by molar-refractivity contribution is -0.180. The van der Waals surface area contributed by atoms with E-state index in [2.05, 4.69) is 0 Å². The Morgan fingerprint density at radius 2 is 1.73 bits per heavy atom. The molecule has 0 bridgehead atoms. The second kappa shape index (κ2) is 6.74. The summed E-state index contributed by atoms with van der Waals surface area (Å²) in [6, 6.07) is 13.8. The Balaban J connectivity index is 1.54. The van der Waals surface area contributed by atoms with E-state index in [9.17, 15) is 4.79 Å². The number of aryl methyl sites for hydroxylation is 2. The molecule has 0 saturated carbocycles. The smallest absolute Gasteiger partial charge is 0.292 e. The summed E-state index contributed by atoms with van der Waals surface area (Å²) in [5.41, 5.74) is 3.86. The molecular formula is C21H23NO4. The van der Waals surface area contributed by atoms with Gasteiger partial charge in [-0.05, 0) is 43.5 Å². The van der Waals surface area contributed by atoms with Gasteiger partial charge in [0.25, 0.3) is 11.7 Å². The van der Waals surface area contributed by atoms with Gasteiger partial charge in [0.15, 0.2) is 0 Å². The number of carbonyl (C=O) groups excluding carboxylic acids is 1. The number of carbonyl (C=O) groups is 1. The van der Waals surface area contributed by atoms with Crippen molar-refractivity contribution in [3.63, 3.8) is 0 Å². The quantitative estimate of drug-likeness (QED) is 0.774. The maximum absolute atomic E-state index is 13.2. The molecule has 2 aliphatic heterocycles. The van der Waals surface area contributed by atoms with Crippen LogP contribution in [0.5, 0.6) is 5.75 Å². The summed E-state index contributed by atoms with van der Waals surface area (Å²) in [5, 5.41) is 0. The fourth-order valence-corrected chi connectivity index (χ4v) is 3.77. The third-order valence-electron chi connectivity index (χ3n) is 4.95. The van der Waals surface area contributed by atoms with E-state index in [0.717, 1.165) is 34.5 Å². The van der Waals surface area contributed by atoms with E-state index in [0.29, 0.717) is 26.4 Å². The highest BCUT2D eigenvalue weighted by Gasteiger charge is 2.57. The summed E-state index contributed by atoms with van der Waals surface area (Å²) in [5.74, 6) is -0.542. The van der Waals surface area contributed by atoms with E-state index in [1.807, 2.05) is 56.3 Å². The maximum Gasteiger partial charge on any atom is 0.292 e. The number of nitrogens with zero attached hydrogens (tertiary/aromatic N) is 1. The van der Waals surface area contributed by atoms with Crippen LogP contribution in [0, 0.1) is 13.8 Å². The summed E-state index contributed by atoms with van der Waals surface area (Å²) < 4.78 is 17.4. The molecule has 0 unspecified atom stereocenters. The first-order valence-electron chi connectivity index (χ1n) is 9.02. The van der Waals surface area contributed by atoms with Crippen LogP contribution in [0.4, 0.5) is 5.69 Å². The Kier molecular flexibility index (Phi) is 4.42. The van der Waals surface area contributed by atoms with E-state index >= 15 is 0 Å². The fourth-order valence-electron chi connectivity index (χ4n) is 3.77. The SMILES string of the molecule is Cc1ccc(C)c2c1N(CCCOc1ccccc1)C(=O)C21OCCO1. The molecule has 26 heavy (non-hydrogen) atoms. The molecule has 4 rings (SSSR count). The first kappa shape index (κ1) is 17.1. The number of fused-ring (bicyclic) bond motifs is 2. The van der Waals surface area contributed by atoms with Gasteiger partial charge >= 0.3 is 0 Å². The number of rotatable bonds is 5. The van der Waals surface area contributed by atoms with Crippen LogP contribution in [0.1, 0.15) is 23.1 Å². The van der Waals surface area contributed by atoms with Gasteiger partial charge in [0.2, 0.25) is 0 Å². The molecule has 0 radical (unpaired) electrons. The number of hydrogen-bond acceptors (Lipinski definition) is 4. The van der Waals surface area contributed by atoms with E-state index < -0.39 is 5.79 Å². The predicted molar refractivity (Wildman–Crippen MR) is 98.4 cm³/mol. The highest BCUT2D eigenvalue weighted by atomic mass is 16.7. The summed E-state index contributed by atoms with van der Waals surface area (Å²) in [6.07, 6.45) is 0.726. The Bertz CT molecular complexity index is 812. The molecule has 1 saturated heterocycles. The summed E-state index contributed by atoms with van der Waals surface area (Å²) >= 11 is 0. The van der Waals surface area contributed by atoms with E-state index in [1.54, 1.807) is 4.90 Å². The van der Waals surface area contributed by atoms with Crippen molar-refractivity contribution in [2.24, 2.45) is 0 Å². The Morgan fingerprint density at radius 1 is 1.04 bits per heavy atom. The second-order valence-corrected chi connectivity index (χ2v) is 6.71. The normalized spacial score (nSPS) is 17.8. The van der Waals surface area contributed by atoms with Crippen molar-refractivity contribution in [3.05, 3.63) is 59.2 Å². The molecule has 0 aliphatic carbocycles. The van der Waals surface area contributed by atoms with Gasteiger partial charge in [0, 0.05) is 12.1 Å². The number of benzene rings is 2. The molecule has 0 atom stereocenters. The van der Waals surface area contributed by atoms with E-state index in [1.165, 1.54) is 0 Å². The third kappa shape index (κ3) is 2.68. The molecule has 2 aliphatic rings. The molecule has 2 aromatic rings. The lowest BCUT2D eigenvalue weighted by Gasteiger charge is -2.22. The summed E-state index contributed by atoms with van der Waals surface area (Å²) in [7, 11) is 0. The molecular weight excluding hydrogens is 330 g/mol. The highest BCUT2D eigenvalue weighted by molar-refractivity contribution is 6.07. The Morgan fingerprint density at radius 3 is 2.46 bits per heavy atom. The number of ether oxygens (including phenoxy) is 3. The molecule has 0 N–H and O–H groups in total. The monoisotopic (exact) mass is 353 g/mol. The average Bonchev–Trinajstić information content (AvgIpc) is 3.23. The van der Waals surface area contributed by atoms with Crippen molar-refractivity contribution in [3.8, 4) is 5.75 Å². The number of amides is 1. The van der Waals surface area contributed by atoms with Crippen molar-refractivity contribution in [1.29, 1.82) is 0 Å². The maximum atomic E-state index is 13.2. The molecule has 1 spiro atoms. The van der Waals surface area contributed by atoms with Gasteiger partial charge < -0.3 is 19.1 Å². The third-order valence-corrected chi connectivity index (χ3v) is 4.95. The van der Waals surface area contributed by atoms with Gasteiger partial charge in [-0.2, -0.15) is 0 Å². The van der Waals surface area contributed by atoms with Crippen LogP contribution in [-0.2, 0) is 20.1 Å². The zero-order valence-corrected chi connectivity index (χ0v) is 15.2. The molecule has 1 amide bonds. The largest absolute Gasteiger partial charge is 0.494 e. The van der Waals surface area contributed by atoms with Gasteiger partial charge in [-0.25, -0.2) is 0 Å². The molecule has 5 nitrogen and oxygen atoms in total. The van der Waals surface area contributed by atoms with Gasteiger partial charge in [-0.15, -0.1) is 0 Å². The first-order chi connectivity index (χ1) is 12.6. The number of hydrogen-bond donors (Lipinski definition) is 0. The minimum Gasteiger partial charge on any atom is -0.494 e. The first-order valence-corrected chi connectivity index (χ1v) is 9.02. The minimum absolute atomic E-state index is 0.123. The molecule has 136 valence electrons. The standard InChI is InChI=1S/C21H23NO4/c1-15-9-10-16(2)19-18(15)21(25-13-14-26-21)20(23)22(19)11-6-12-24-17-7-4-3-5-8-17/h3-5,7-10H,6,11-14H2,1-2H3.